The fourth-order valence-electron chi connectivity index (χ4n) is 1.94. The van der Waals surface area contributed by atoms with Crippen molar-refractivity contribution in [3.05, 3.63) is 69.8 Å². The van der Waals surface area contributed by atoms with Gasteiger partial charge in [0.1, 0.15) is 11.9 Å². The van der Waals surface area contributed by atoms with Crippen LogP contribution in [0.25, 0.3) is 0 Å². The van der Waals surface area contributed by atoms with Crippen molar-refractivity contribution in [2.75, 3.05) is 13.9 Å². The minimum Gasteiger partial charge on any atom is -0.468 e. The first-order chi connectivity index (χ1) is 10.1. The van der Waals surface area contributed by atoms with Crippen molar-refractivity contribution in [1.29, 1.82) is 0 Å². The molecule has 0 bridgehead atoms. The molecule has 0 radical (unpaired) electrons. The molecule has 0 amide bonds. The highest BCUT2D eigenvalue weighted by Gasteiger charge is 2.20. The fourth-order valence-corrected chi connectivity index (χ4v) is 1.94. The highest BCUT2D eigenvalue weighted by Crippen LogP contribution is 2.30. The molecule has 0 fully saturated rings. The molecule has 6 nitrogen and oxygen atoms in total. The summed E-state index contributed by atoms with van der Waals surface area (Å²) in [4.78, 5) is 10.5. The average molecular weight is 289 g/mol. The number of ether oxygens (including phenoxy) is 2. The molecule has 0 aliphatic rings. The van der Waals surface area contributed by atoms with Crippen LogP contribution in [-0.4, -0.2) is 23.9 Å². The Labute approximate surface area is 121 Å². The van der Waals surface area contributed by atoms with Gasteiger partial charge in [-0.15, -0.1) is 0 Å². The van der Waals surface area contributed by atoms with E-state index in [0.717, 1.165) is 0 Å². The van der Waals surface area contributed by atoms with Crippen LogP contribution in [0.2, 0.25) is 0 Å². The Balaban J connectivity index is 2.24. The number of nitrogens with zero attached hydrogens (tertiary/aromatic N) is 1. The maximum Gasteiger partial charge on any atom is 0.275 e. The molecule has 0 spiro atoms. The minimum absolute atomic E-state index is 0.107. The normalized spacial score (nSPS) is 11.9. The molecule has 2 aromatic carbocycles. The third-order valence-electron chi connectivity index (χ3n) is 2.97. The number of nitro benzene ring substituents is 1. The van der Waals surface area contributed by atoms with Gasteiger partial charge in [-0.25, -0.2) is 0 Å². The Kier molecular flexibility index (Phi) is 4.86. The molecule has 0 saturated carbocycles. The van der Waals surface area contributed by atoms with E-state index in [0.29, 0.717) is 11.3 Å². The number of para-hydroxylation sites is 1. The summed E-state index contributed by atoms with van der Waals surface area (Å²) in [6.07, 6.45) is -1.07. The maximum atomic E-state index is 11.0. The third kappa shape index (κ3) is 3.56. The quantitative estimate of drug-likeness (QED) is 0.502. The summed E-state index contributed by atoms with van der Waals surface area (Å²) in [5.74, 6) is 0.593. The van der Waals surface area contributed by atoms with Gasteiger partial charge in [-0.3, -0.25) is 10.1 Å². The van der Waals surface area contributed by atoms with E-state index < -0.39 is 11.0 Å². The lowest BCUT2D eigenvalue weighted by molar-refractivity contribution is -0.386. The molecule has 2 rings (SSSR count). The van der Waals surface area contributed by atoms with Crippen molar-refractivity contribution >= 4 is 5.69 Å². The number of hydrogen-bond donors (Lipinski definition) is 1. The van der Waals surface area contributed by atoms with E-state index in [1.165, 1.54) is 19.2 Å². The van der Waals surface area contributed by atoms with Crippen LogP contribution in [0.3, 0.4) is 0 Å². The molecule has 0 aromatic heterocycles. The zero-order valence-electron chi connectivity index (χ0n) is 11.4. The van der Waals surface area contributed by atoms with Crippen molar-refractivity contribution in [3.63, 3.8) is 0 Å². The molecule has 0 heterocycles. The molecule has 0 aliphatic heterocycles. The maximum absolute atomic E-state index is 11.0. The molecule has 1 N–H and O–H groups in total. The second kappa shape index (κ2) is 6.83. The van der Waals surface area contributed by atoms with E-state index in [-0.39, 0.29) is 18.0 Å². The molecular formula is C15H15NO5. The number of benzene rings is 2. The molecule has 0 aliphatic carbocycles. The highest BCUT2D eigenvalue weighted by atomic mass is 16.7. The first-order valence-electron chi connectivity index (χ1n) is 6.26. The molecule has 0 saturated heterocycles. The summed E-state index contributed by atoms with van der Waals surface area (Å²) in [5.41, 5.74) is 0.701. The molecule has 6 heteroatoms. The molecule has 110 valence electrons. The third-order valence-corrected chi connectivity index (χ3v) is 2.97. The van der Waals surface area contributed by atoms with Gasteiger partial charge in [-0.2, -0.15) is 0 Å². The number of aliphatic hydroxyl groups excluding tert-OH is 1. The number of hydrogen-bond acceptors (Lipinski definition) is 5. The number of rotatable bonds is 6. The Bertz CT molecular complexity index is 612. The highest BCUT2D eigenvalue weighted by molar-refractivity contribution is 5.45. The van der Waals surface area contributed by atoms with Gasteiger partial charge in [0, 0.05) is 13.2 Å². The van der Waals surface area contributed by atoms with Gasteiger partial charge in [0.2, 0.25) is 0 Å². The molecule has 2 aromatic rings. The van der Waals surface area contributed by atoms with Gasteiger partial charge in [0.25, 0.3) is 5.69 Å². The minimum atomic E-state index is -1.07. The van der Waals surface area contributed by atoms with Crippen LogP contribution in [-0.2, 0) is 4.74 Å². The van der Waals surface area contributed by atoms with Crippen LogP contribution in [0.5, 0.6) is 5.75 Å². The molecule has 1 atom stereocenters. The van der Waals surface area contributed by atoms with Gasteiger partial charge >= 0.3 is 0 Å². The van der Waals surface area contributed by atoms with Crippen LogP contribution in [0, 0.1) is 10.1 Å². The Morgan fingerprint density at radius 2 is 1.86 bits per heavy atom. The Hall–Kier alpha value is -2.44. The first kappa shape index (κ1) is 15.0. The smallest absolute Gasteiger partial charge is 0.275 e. The van der Waals surface area contributed by atoms with E-state index in [9.17, 15) is 15.2 Å². The Morgan fingerprint density at radius 1 is 1.19 bits per heavy atom. The predicted molar refractivity (Wildman–Crippen MR) is 76.1 cm³/mol. The van der Waals surface area contributed by atoms with E-state index in [1.54, 1.807) is 36.4 Å². The SMILES string of the molecule is COCOc1ccc([C@H](O)c2ccccc2[N+](=O)[O-])cc1. The van der Waals surface area contributed by atoms with Gasteiger partial charge in [0.15, 0.2) is 6.79 Å². The predicted octanol–water partition coefficient (Wildman–Crippen LogP) is 2.66. The standard InChI is InChI=1S/C15H15NO5/c1-20-10-21-12-8-6-11(7-9-12)15(17)13-4-2-3-5-14(13)16(18)19/h2-9,15,17H,10H2,1H3/t15-/m0/s1. The van der Waals surface area contributed by atoms with Crippen LogP contribution in [0.4, 0.5) is 5.69 Å². The molecule has 21 heavy (non-hydrogen) atoms. The number of nitro groups is 1. The zero-order valence-corrected chi connectivity index (χ0v) is 11.4. The lowest BCUT2D eigenvalue weighted by Crippen LogP contribution is -2.04. The summed E-state index contributed by atoms with van der Waals surface area (Å²) in [7, 11) is 1.52. The van der Waals surface area contributed by atoms with Crippen molar-refractivity contribution in [1.82, 2.24) is 0 Å². The van der Waals surface area contributed by atoms with E-state index in [4.69, 9.17) is 9.47 Å². The van der Waals surface area contributed by atoms with Gasteiger partial charge in [-0.1, -0.05) is 24.3 Å². The summed E-state index contributed by atoms with van der Waals surface area (Å²) >= 11 is 0. The van der Waals surface area contributed by atoms with Crippen molar-refractivity contribution in [2.45, 2.75) is 6.10 Å². The van der Waals surface area contributed by atoms with E-state index in [1.807, 2.05) is 0 Å². The fraction of sp³-hybridized carbons (Fsp3) is 0.200. The van der Waals surface area contributed by atoms with Crippen LogP contribution in [0.15, 0.2) is 48.5 Å². The number of methoxy groups -OCH3 is 1. The van der Waals surface area contributed by atoms with Gasteiger partial charge < -0.3 is 14.6 Å². The van der Waals surface area contributed by atoms with Crippen molar-refractivity contribution in [2.24, 2.45) is 0 Å². The summed E-state index contributed by atoms with van der Waals surface area (Å²) in [6.45, 7) is 0.131. The van der Waals surface area contributed by atoms with Crippen molar-refractivity contribution in [3.8, 4) is 5.75 Å². The van der Waals surface area contributed by atoms with Crippen LogP contribution < -0.4 is 4.74 Å². The zero-order chi connectivity index (χ0) is 15.2. The molecular weight excluding hydrogens is 274 g/mol. The van der Waals surface area contributed by atoms with Crippen LogP contribution in [0.1, 0.15) is 17.2 Å². The van der Waals surface area contributed by atoms with Gasteiger partial charge in [-0.05, 0) is 23.8 Å². The monoisotopic (exact) mass is 289 g/mol. The summed E-state index contributed by atoms with van der Waals surface area (Å²) < 4.78 is 10.0. The summed E-state index contributed by atoms with van der Waals surface area (Å²) in [5, 5.41) is 21.3. The van der Waals surface area contributed by atoms with Crippen LogP contribution >= 0.6 is 0 Å². The lowest BCUT2D eigenvalue weighted by Gasteiger charge is -2.12. The van der Waals surface area contributed by atoms with Gasteiger partial charge in [0.05, 0.1) is 10.5 Å². The summed E-state index contributed by atoms with van der Waals surface area (Å²) in [6, 6.07) is 12.8. The lowest BCUT2D eigenvalue weighted by atomic mass is 10.00. The molecule has 0 unspecified atom stereocenters. The van der Waals surface area contributed by atoms with Crippen molar-refractivity contribution < 1.29 is 19.5 Å². The largest absolute Gasteiger partial charge is 0.468 e. The Morgan fingerprint density at radius 3 is 2.48 bits per heavy atom. The second-order valence-corrected chi connectivity index (χ2v) is 4.34. The topological polar surface area (TPSA) is 81.8 Å². The number of aliphatic hydroxyl groups is 1. The first-order valence-corrected chi connectivity index (χ1v) is 6.26. The van der Waals surface area contributed by atoms with E-state index >= 15 is 0 Å². The second-order valence-electron chi connectivity index (χ2n) is 4.34. The average Bonchev–Trinajstić information content (AvgIpc) is 2.52. The van der Waals surface area contributed by atoms with E-state index in [2.05, 4.69) is 0 Å².